The Balaban J connectivity index is 2.75. The molecule has 112 valence electrons. The van der Waals surface area contributed by atoms with Crippen LogP contribution in [0, 0.1) is 6.92 Å². The van der Waals surface area contributed by atoms with Crippen LogP contribution in [-0.2, 0) is 16.1 Å². The van der Waals surface area contributed by atoms with Crippen molar-refractivity contribution in [1.82, 2.24) is 5.32 Å². The highest BCUT2D eigenvalue weighted by molar-refractivity contribution is 5.79. The van der Waals surface area contributed by atoms with Gasteiger partial charge >= 0.3 is 0 Å². The fourth-order valence-corrected chi connectivity index (χ4v) is 1.85. The van der Waals surface area contributed by atoms with Crippen molar-refractivity contribution in [2.75, 3.05) is 20.3 Å². The molecular formula is C15H24N2O3. The number of carbonyl (C=O) groups excluding carboxylic acids is 1. The first kappa shape index (κ1) is 16.5. The zero-order chi connectivity index (χ0) is 15.0. The van der Waals surface area contributed by atoms with E-state index in [4.69, 9.17) is 15.2 Å². The van der Waals surface area contributed by atoms with Crippen molar-refractivity contribution < 1.29 is 14.3 Å². The molecule has 0 saturated carbocycles. The van der Waals surface area contributed by atoms with Crippen LogP contribution in [0.15, 0.2) is 18.2 Å². The Morgan fingerprint density at radius 1 is 1.45 bits per heavy atom. The van der Waals surface area contributed by atoms with Gasteiger partial charge in [0, 0.05) is 25.8 Å². The summed E-state index contributed by atoms with van der Waals surface area (Å²) in [7, 11) is 1.67. The van der Waals surface area contributed by atoms with E-state index in [9.17, 15) is 4.79 Å². The zero-order valence-corrected chi connectivity index (χ0v) is 12.4. The highest BCUT2D eigenvalue weighted by Gasteiger charge is 2.16. The van der Waals surface area contributed by atoms with Crippen LogP contribution in [0.1, 0.15) is 24.5 Å². The molecule has 0 bridgehead atoms. The molecule has 0 radical (unpaired) electrons. The van der Waals surface area contributed by atoms with E-state index in [1.165, 1.54) is 0 Å². The van der Waals surface area contributed by atoms with E-state index in [-0.39, 0.29) is 0 Å². The maximum absolute atomic E-state index is 11.3. The SMILES string of the molecule is CCC(Oc1ccc(C)cc1CNCCOC)C(N)=O. The molecule has 0 spiro atoms. The number of carbonyl (C=O) groups is 1. The maximum Gasteiger partial charge on any atom is 0.258 e. The molecule has 0 aromatic heterocycles. The van der Waals surface area contributed by atoms with Crippen molar-refractivity contribution in [1.29, 1.82) is 0 Å². The number of primary amides is 1. The molecule has 0 saturated heterocycles. The summed E-state index contributed by atoms with van der Waals surface area (Å²) < 4.78 is 10.7. The van der Waals surface area contributed by atoms with Crippen molar-refractivity contribution in [3.8, 4) is 5.75 Å². The Bertz CT molecular complexity index is 435. The Morgan fingerprint density at radius 2 is 2.20 bits per heavy atom. The topological polar surface area (TPSA) is 73.6 Å². The number of aryl methyl sites for hydroxylation is 1. The van der Waals surface area contributed by atoms with Gasteiger partial charge in [-0.15, -0.1) is 0 Å². The third kappa shape index (κ3) is 5.19. The number of amides is 1. The lowest BCUT2D eigenvalue weighted by Crippen LogP contribution is -2.33. The lowest BCUT2D eigenvalue weighted by Gasteiger charge is -2.18. The summed E-state index contributed by atoms with van der Waals surface area (Å²) >= 11 is 0. The summed E-state index contributed by atoms with van der Waals surface area (Å²) in [4.78, 5) is 11.3. The van der Waals surface area contributed by atoms with E-state index in [2.05, 4.69) is 5.32 Å². The largest absolute Gasteiger partial charge is 0.480 e. The van der Waals surface area contributed by atoms with Gasteiger partial charge in [0.1, 0.15) is 5.75 Å². The fraction of sp³-hybridized carbons (Fsp3) is 0.533. The van der Waals surface area contributed by atoms with Gasteiger partial charge in [-0.1, -0.05) is 24.6 Å². The minimum atomic E-state index is -0.588. The number of hydrogen-bond donors (Lipinski definition) is 2. The van der Waals surface area contributed by atoms with Crippen LogP contribution >= 0.6 is 0 Å². The van der Waals surface area contributed by atoms with Gasteiger partial charge in [-0.2, -0.15) is 0 Å². The molecule has 20 heavy (non-hydrogen) atoms. The fourth-order valence-electron chi connectivity index (χ4n) is 1.85. The van der Waals surface area contributed by atoms with Gasteiger partial charge in [0.2, 0.25) is 0 Å². The van der Waals surface area contributed by atoms with Crippen molar-refractivity contribution in [3.63, 3.8) is 0 Å². The highest BCUT2D eigenvalue weighted by atomic mass is 16.5. The Hall–Kier alpha value is -1.59. The van der Waals surface area contributed by atoms with Crippen LogP contribution in [0.4, 0.5) is 0 Å². The van der Waals surface area contributed by atoms with E-state index < -0.39 is 12.0 Å². The summed E-state index contributed by atoms with van der Waals surface area (Å²) in [6, 6.07) is 5.89. The standard InChI is InChI=1S/C15H24N2O3/c1-4-13(15(16)18)20-14-6-5-11(2)9-12(14)10-17-7-8-19-3/h5-6,9,13,17H,4,7-8,10H2,1-3H3,(H2,16,18). The Labute approximate surface area is 120 Å². The molecule has 1 unspecified atom stereocenters. The summed E-state index contributed by atoms with van der Waals surface area (Å²) in [6.07, 6.45) is -0.0323. The van der Waals surface area contributed by atoms with Crippen LogP contribution in [0.25, 0.3) is 0 Å². The number of benzene rings is 1. The third-order valence-corrected chi connectivity index (χ3v) is 2.97. The normalized spacial score (nSPS) is 12.2. The molecule has 0 aliphatic heterocycles. The number of hydrogen-bond acceptors (Lipinski definition) is 4. The van der Waals surface area contributed by atoms with E-state index in [1.54, 1.807) is 7.11 Å². The first-order valence-electron chi connectivity index (χ1n) is 6.83. The second-order valence-corrected chi connectivity index (χ2v) is 4.70. The molecule has 0 aliphatic rings. The van der Waals surface area contributed by atoms with Crippen LogP contribution < -0.4 is 15.8 Å². The quantitative estimate of drug-likeness (QED) is 0.670. The van der Waals surface area contributed by atoms with E-state index >= 15 is 0 Å². The number of nitrogens with one attached hydrogen (secondary N) is 1. The van der Waals surface area contributed by atoms with Crippen LogP contribution in [-0.4, -0.2) is 32.3 Å². The first-order valence-corrected chi connectivity index (χ1v) is 6.83. The summed E-state index contributed by atoms with van der Waals surface area (Å²) in [6.45, 7) is 5.97. The minimum Gasteiger partial charge on any atom is -0.480 e. The Morgan fingerprint density at radius 3 is 2.80 bits per heavy atom. The van der Waals surface area contributed by atoms with E-state index in [0.29, 0.717) is 25.3 Å². The second kappa shape index (κ2) is 8.55. The summed E-state index contributed by atoms with van der Waals surface area (Å²) in [5.41, 5.74) is 7.48. The summed E-state index contributed by atoms with van der Waals surface area (Å²) in [5, 5.41) is 3.27. The van der Waals surface area contributed by atoms with Gasteiger partial charge in [0.25, 0.3) is 5.91 Å². The predicted octanol–water partition coefficient (Wildman–Crippen LogP) is 1.37. The van der Waals surface area contributed by atoms with E-state index in [1.807, 2.05) is 32.0 Å². The third-order valence-electron chi connectivity index (χ3n) is 2.97. The molecule has 1 aromatic rings. The van der Waals surface area contributed by atoms with Crippen LogP contribution in [0.3, 0.4) is 0 Å². The van der Waals surface area contributed by atoms with Crippen molar-refractivity contribution in [3.05, 3.63) is 29.3 Å². The lowest BCUT2D eigenvalue weighted by molar-refractivity contribution is -0.124. The van der Waals surface area contributed by atoms with E-state index in [0.717, 1.165) is 17.7 Å². The number of rotatable bonds is 9. The van der Waals surface area contributed by atoms with Gasteiger partial charge in [-0.25, -0.2) is 0 Å². The zero-order valence-electron chi connectivity index (χ0n) is 12.4. The Kier molecular flexibility index (Phi) is 7.04. The van der Waals surface area contributed by atoms with Gasteiger partial charge in [0.15, 0.2) is 6.10 Å². The molecule has 1 rings (SSSR count). The molecule has 5 nitrogen and oxygen atoms in total. The second-order valence-electron chi connectivity index (χ2n) is 4.70. The molecule has 5 heteroatoms. The average Bonchev–Trinajstić information content (AvgIpc) is 2.42. The van der Waals surface area contributed by atoms with Gasteiger partial charge < -0.3 is 20.5 Å². The molecule has 0 aliphatic carbocycles. The van der Waals surface area contributed by atoms with Crippen molar-refractivity contribution in [2.45, 2.75) is 32.9 Å². The molecular weight excluding hydrogens is 256 g/mol. The molecule has 1 amide bonds. The lowest BCUT2D eigenvalue weighted by atomic mass is 10.1. The predicted molar refractivity (Wildman–Crippen MR) is 78.7 cm³/mol. The molecule has 1 atom stereocenters. The number of nitrogens with two attached hydrogens (primary N) is 1. The molecule has 0 fully saturated rings. The highest BCUT2D eigenvalue weighted by Crippen LogP contribution is 2.22. The number of ether oxygens (including phenoxy) is 2. The minimum absolute atomic E-state index is 0.439. The van der Waals surface area contributed by atoms with Crippen molar-refractivity contribution in [2.24, 2.45) is 5.73 Å². The van der Waals surface area contributed by atoms with Crippen LogP contribution in [0.5, 0.6) is 5.75 Å². The van der Waals surface area contributed by atoms with Crippen molar-refractivity contribution >= 4 is 5.91 Å². The monoisotopic (exact) mass is 280 g/mol. The molecule has 1 aromatic carbocycles. The van der Waals surface area contributed by atoms with Gasteiger partial charge in [0.05, 0.1) is 6.61 Å². The number of methoxy groups -OCH3 is 1. The van der Waals surface area contributed by atoms with Gasteiger partial charge in [-0.3, -0.25) is 4.79 Å². The molecule has 3 N–H and O–H groups in total. The smallest absolute Gasteiger partial charge is 0.258 e. The van der Waals surface area contributed by atoms with Crippen LogP contribution in [0.2, 0.25) is 0 Å². The van der Waals surface area contributed by atoms with Gasteiger partial charge in [-0.05, 0) is 19.4 Å². The summed E-state index contributed by atoms with van der Waals surface area (Å²) in [5.74, 6) is 0.262. The first-order chi connectivity index (χ1) is 9.58. The average molecular weight is 280 g/mol. The maximum atomic E-state index is 11.3. The molecule has 0 heterocycles.